The number of hydrogen-bond acceptors (Lipinski definition) is 5. The van der Waals surface area contributed by atoms with Gasteiger partial charge in [0.1, 0.15) is 5.75 Å². The van der Waals surface area contributed by atoms with Crippen molar-refractivity contribution in [2.45, 2.75) is 19.4 Å². The normalized spacial score (nSPS) is 13.1. The molecule has 0 saturated heterocycles. The molecule has 1 aliphatic heterocycles. The van der Waals surface area contributed by atoms with Crippen molar-refractivity contribution in [1.82, 2.24) is 15.2 Å². The van der Waals surface area contributed by atoms with Gasteiger partial charge in [0.05, 0.1) is 12.8 Å². The number of nitrogens with zero attached hydrogens (tertiary/aromatic N) is 2. The van der Waals surface area contributed by atoms with Gasteiger partial charge in [-0.2, -0.15) is 0 Å². The second-order valence-corrected chi connectivity index (χ2v) is 8.29. The van der Waals surface area contributed by atoms with E-state index in [0.29, 0.717) is 48.9 Å². The van der Waals surface area contributed by atoms with Crippen LogP contribution in [-0.4, -0.2) is 42.0 Å². The predicted octanol–water partition coefficient (Wildman–Crippen LogP) is 3.71. The van der Waals surface area contributed by atoms with Gasteiger partial charge in [-0.3, -0.25) is 4.79 Å². The van der Waals surface area contributed by atoms with Gasteiger partial charge in [-0.1, -0.05) is 36.4 Å². The van der Waals surface area contributed by atoms with E-state index in [4.69, 9.17) is 4.74 Å². The largest absolute Gasteiger partial charge is 0.497 e. The average Bonchev–Trinajstić information content (AvgIpc) is 3.11. The van der Waals surface area contributed by atoms with Gasteiger partial charge >= 0.3 is 6.03 Å². The van der Waals surface area contributed by atoms with Crippen LogP contribution in [0.3, 0.4) is 0 Å². The van der Waals surface area contributed by atoms with Crippen LogP contribution in [0.4, 0.5) is 10.5 Å². The van der Waals surface area contributed by atoms with Crippen molar-refractivity contribution >= 4 is 29.0 Å². The number of anilines is 1. The second kappa shape index (κ2) is 9.61. The van der Waals surface area contributed by atoms with Crippen LogP contribution in [-0.2, 0) is 19.4 Å². The Labute approximate surface area is 185 Å². The topological polar surface area (TPSA) is 83.6 Å². The van der Waals surface area contributed by atoms with Crippen LogP contribution < -0.4 is 15.4 Å². The summed E-state index contributed by atoms with van der Waals surface area (Å²) in [5.41, 5.74) is 2.65. The third-order valence-corrected chi connectivity index (χ3v) is 6.26. The molecule has 0 spiro atoms. The van der Waals surface area contributed by atoms with Crippen LogP contribution in [0.1, 0.15) is 25.9 Å². The van der Waals surface area contributed by atoms with Gasteiger partial charge in [0, 0.05) is 49.1 Å². The molecule has 0 aliphatic carbocycles. The average molecular weight is 437 g/mol. The van der Waals surface area contributed by atoms with Crippen molar-refractivity contribution in [3.8, 4) is 5.75 Å². The van der Waals surface area contributed by atoms with Crippen LogP contribution in [0.2, 0.25) is 0 Å². The first-order valence-electron chi connectivity index (χ1n) is 10.1. The Kier molecular flexibility index (Phi) is 6.47. The SMILES string of the molecule is COc1cccc(NC(=O)N2CCc3nc(C(=O)NCc4ccccc4)sc3CC2)c1. The van der Waals surface area contributed by atoms with E-state index in [1.54, 1.807) is 18.1 Å². The minimum atomic E-state index is -0.158. The maximum atomic E-state index is 12.7. The van der Waals surface area contributed by atoms with Gasteiger partial charge < -0.3 is 20.3 Å². The Balaban J connectivity index is 1.33. The molecular formula is C23H24N4O3S. The van der Waals surface area contributed by atoms with Gasteiger partial charge in [-0.05, 0) is 17.7 Å². The van der Waals surface area contributed by atoms with Crippen LogP contribution in [0.5, 0.6) is 5.75 Å². The molecule has 4 rings (SSSR count). The summed E-state index contributed by atoms with van der Waals surface area (Å²) in [6, 6.07) is 16.9. The number of methoxy groups -OCH3 is 1. The standard InChI is InChI=1S/C23H24N4O3S/c1-30-18-9-5-8-17(14-18)25-23(29)27-12-10-19-20(11-13-27)31-22(26-19)21(28)24-15-16-6-3-2-4-7-16/h2-9,14H,10-13,15H2,1H3,(H,24,28)(H,25,29). The van der Waals surface area contributed by atoms with Crippen molar-refractivity contribution in [1.29, 1.82) is 0 Å². The summed E-state index contributed by atoms with van der Waals surface area (Å²) in [7, 11) is 1.59. The maximum absolute atomic E-state index is 12.7. The molecular weight excluding hydrogens is 412 g/mol. The molecule has 31 heavy (non-hydrogen) atoms. The summed E-state index contributed by atoms with van der Waals surface area (Å²) in [5, 5.41) is 6.33. The fourth-order valence-corrected chi connectivity index (χ4v) is 4.43. The summed E-state index contributed by atoms with van der Waals surface area (Å²) in [6.07, 6.45) is 1.31. The Morgan fingerprint density at radius 2 is 1.90 bits per heavy atom. The van der Waals surface area contributed by atoms with Crippen molar-refractivity contribution < 1.29 is 14.3 Å². The maximum Gasteiger partial charge on any atom is 0.321 e. The highest BCUT2D eigenvalue weighted by Gasteiger charge is 2.23. The molecule has 0 fully saturated rings. The molecule has 1 aliphatic rings. The van der Waals surface area contributed by atoms with Gasteiger partial charge in [-0.25, -0.2) is 9.78 Å². The number of amides is 3. The zero-order valence-corrected chi connectivity index (χ0v) is 18.1. The van der Waals surface area contributed by atoms with Crippen LogP contribution in [0, 0.1) is 0 Å². The van der Waals surface area contributed by atoms with Crippen LogP contribution in [0.15, 0.2) is 54.6 Å². The molecule has 0 unspecified atom stereocenters. The highest BCUT2D eigenvalue weighted by Crippen LogP contribution is 2.24. The first kappa shape index (κ1) is 20.9. The number of urea groups is 1. The van der Waals surface area contributed by atoms with Crippen LogP contribution >= 0.6 is 11.3 Å². The minimum absolute atomic E-state index is 0.149. The molecule has 0 radical (unpaired) electrons. The molecule has 160 valence electrons. The van der Waals surface area contributed by atoms with E-state index in [-0.39, 0.29) is 11.9 Å². The molecule has 2 N–H and O–H groups in total. The molecule has 2 heterocycles. The van der Waals surface area contributed by atoms with Gasteiger partial charge in [0.25, 0.3) is 5.91 Å². The van der Waals surface area contributed by atoms with E-state index in [0.717, 1.165) is 16.1 Å². The lowest BCUT2D eigenvalue weighted by molar-refractivity contribution is 0.0950. The molecule has 2 aromatic carbocycles. The summed E-state index contributed by atoms with van der Waals surface area (Å²) >= 11 is 1.42. The van der Waals surface area contributed by atoms with Crippen molar-refractivity contribution in [2.75, 3.05) is 25.5 Å². The summed E-state index contributed by atoms with van der Waals surface area (Å²) in [5.74, 6) is 0.535. The fraction of sp³-hybridized carbons (Fsp3) is 0.261. The molecule has 0 saturated carbocycles. The van der Waals surface area contributed by atoms with E-state index < -0.39 is 0 Å². The number of hydrogen-bond donors (Lipinski definition) is 2. The van der Waals surface area contributed by atoms with E-state index in [1.807, 2.05) is 48.5 Å². The van der Waals surface area contributed by atoms with Crippen molar-refractivity contribution in [2.24, 2.45) is 0 Å². The number of carbonyl (C=O) groups is 2. The number of carbonyl (C=O) groups excluding carboxylic acids is 2. The number of aromatic nitrogens is 1. The number of fused-ring (bicyclic) bond motifs is 1. The van der Waals surface area contributed by atoms with Gasteiger partial charge in [0.2, 0.25) is 0 Å². The molecule has 3 aromatic rings. The molecule has 7 nitrogen and oxygen atoms in total. The first-order chi connectivity index (χ1) is 15.1. The Bertz CT molecular complexity index is 1040. The van der Waals surface area contributed by atoms with E-state index in [1.165, 1.54) is 11.3 Å². The number of nitrogens with one attached hydrogen (secondary N) is 2. The number of benzene rings is 2. The summed E-state index contributed by atoms with van der Waals surface area (Å²) in [4.78, 5) is 32.6. The van der Waals surface area contributed by atoms with Gasteiger partial charge in [-0.15, -0.1) is 11.3 Å². The fourth-order valence-electron chi connectivity index (χ4n) is 3.42. The molecule has 3 amide bonds. The predicted molar refractivity (Wildman–Crippen MR) is 121 cm³/mol. The third kappa shape index (κ3) is 5.21. The Hall–Kier alpha value is -3.39. The smallest absolute Gasteiger partial charge is 0.321 e. The third-order valence-electron chi connectivity index (χ3n) is 5.10. The number of ether oxygens (including phenoxy) is 1. The minimum Gasteiger partial charge on any atom is -0.497 e. The number of rotatable bonds is 5. The molecule has 0 bridgehead atoms. The lowest BCUT2D eigenvalue weighted by atomic mass is 10.2. The van der Waals surface area contributed by atoms with E-state index >= 15 is 0 Å². The van der Waals surface area contributed by atoms with Crippen molar-refractivity contribution in [3.05, 3.63) is 75.7 Å². The summed E-state index contributed by atoms with van der Waals surface area (Å²) in [6.45, 7) is 1.61. The Morgan fingerprint density at radius 3 is 2.71 bits per heavy atom. The quantitative estimate of drug-likeness (QED) is 0.639. The summed E-state index contributed by atoms with van der Waals surface area (Å²) < 4.78 is 5.20. The zero-order chi connectivity index (χ0) is 21.6. The lowest BCUT2D eigenvalue weighted by Gasteiger charge is -2.21. The molecule has 8 heteroatoms. The number of thiazole rings is 1. The van der Waals surface area contributed by atoms with Crippen LogP contribution in [0.25, 0.3) is 0 Å². The second-order valence-electron chi connectivity index (χ2n) is 7.21. The van der Waals surface area contributed by atoms with Crippen molar-refractivity contribution in [3.63, 3.8) is 0 Å². The molecule has 1 aromatic heterocycles. The monoisotopic (exact) mass is 436 g/mol. The van der Waals surface area contributed by atoms with Gasteiger partial charge in [0.15, 0.2) is 5.01 Å². The first-order valence-corrected chi connectivity index (χ1v) is 10.9. The van der Waals surface area contributed by atoms with E-state index in [2.05, 4.69) is 15.6 Å². The van der Waals surface area contributed by atoms with E-state index in [9.17, 15) is 9.59 Å². The zero-order valence-electron chi connectivity index (χ0n) is 17.3. The molecule has 0 atom stereocenters. The highest BCUT2D eigenvalue weighted by atomic mass is 32.1. The lowest BCUT2D eigenvalue weighted by Crippen LogP contribution is -2.36. The Morgan fingerprint density at radius 1 is 1.10 bits per heavy atom. The highest BCUT2D eigenvalue weighted by molar-refractivity contribution is 7.13.